The predicted octanol–water partition coefficient (Wildman–Crippen LogP) is 2.48. The largest absolute Gasteiger partial charge is 0.349 e. The number of benzene rings is 1. The number of fused-ring (bicyclic) bond motifs is 1. The van der Waals surface area contributed by atoms with Gasteiger partial charge in [0, 0.05) is 18.8 Å². The highest BCUT2D eigenvalue weighted by molar-refractivity contribution is 7.22. The van der Waals surface area contributed by atoms with Gasteiger partial charge in [-0.15, -0.1) is 0 Å². The Kier molecular flexibility index (Phi) is 5.27. The molecule has 0 bridgehead atoms. The zero-order valence-electron chi connectivity index (χ0n) is 14.4. The molecule has 26 heavy (non-hydrogen) atoms. The van der Waals surface area contributed by atoms with Crippen LogP contribution in [0.3, 0.4) is 0 Å². The minimum atomic E-state index is -0.395. The summed E-state index contributed by atoms with van der Waals surface area (Å²) >= 11 is 1.27. The molecule has 1 N–H and O–H groups in total. The lowest BCUT2D eigenvalue weighted by molar-refractivity contribution is -0.116. The first-order chi connectivity index (χ1) is 12.5. The van der Waals surface area contributed by atoms with E-state index in [0.717, 1.165) is 18.2 Å². The van der Waals surface area contributed by atoms with Gasteiger partial charge in [0.05, 0.1) is 0 Å². The third-order valence-corrected chi connectivity index (χ3v) is 4.94. The first-order valence-electron chi connectivity index (χ1n) is 8.18. The van der Waals surface area contributed by atoms with E-state index >= 15 is 0 Å². The average molecular weight is 375 g/mol. The Hall–Kier alpha value is -2.81. The lowest BCUT2D eigenvalue weighted by Gasteiger charge is -2.15. The van der Waals surface area contributed by atoms with Crippen LogP contribution in [0.5, 0.6) is 0 Å². The van der Waals surface area contributed by atoms with Gasteiger partial charge in [-0.1, -0.05) is 11.3 Å². The Morgan fingerprint density at radius 1 is 1.27 bits per heavy atom. The number of hydrogen-bond acceptors (Lipinski definition) is 6. The van der Waals surface area contributed by atoms with Crippen molar-refractivity contribution in [3.8, 4) is 0 Å². The molecule has 3 aromatic rings. The van der Waals surface area contributed by atoms with Gasteiger partial charge in [0.25, 0.3) is 5.56 Å². The summed E-state index contributed by atoms with van der Waals surface area (Å²) in [5, 5.41) is 3.36. The molecule has 0 radical (unpaired) electrons. The predicted molar refractivity (Wildman–Crippen MR) is 100 cm³/mol. The lowest BCUT2D eigenvalue weighted by Crippen LogP contribution is -2.27. The maximum atomic E-state index is 12.9. The Balaban J connectivity index is 1.81. The summed E-state index contributed by atoms with van der Waals surface area (Å²) in [7, 11) is 0. The van der Waals surface area contributed by atoms with Crippen LogP contribution in [0.1, 0.15) is 13.8 Å². The van der Waals surface area contributed by atoms with Gasteiger partial charge in [0.2, 0.25) is 5.91 Å². The molecule has 3 rings (SSSR count). The number of rotatable bonds is 6. The molecule has 1 aromatic carbocycles. The Bertz CT molecular complexity index is 979. The highest BCUT2D eigenvalue weighted by Crippen LogP contribution is 2.24. The fourth-order valence-electron chi connectivity index (χ4n) is 2.47. The number of hydrogen-bond donors (Lipinski definition) is 1. The van der Waals surface area contributed by atoms with Crippen molar-refractivity contribution in [2.45, 2.75) is 20.4 Å². The number of aromatic nitrogens is 3. The van der Waals surface area contributed by atoms with E-state index in [1.54, 1.807) is 0 Å². The van der Waals surface area contributed by atoms with Crippen LogP contribution in [0.25, 0.3) is 10.3 Å². The number of anilines is 2. The van der Waals surface area contributed by atoms with Crippen molar-refractivity contribution in [3.63, 3.8) is 0 Å². The zero-order chi connectivity index (χ0) is 18.7. The quantitative estimate of drug-likeness (QED) is 0.716. The van der Waals surface area contributed by atoms with Gasteiger partial charge in [-0.25, -0.2) is 9.37 Å². The molecule has 0 aliphatic heterocycles. The van der Waals surface area contributed by atoms with Crippen LogP contribution in [0.2, 0.25) is 0 Å². The van der Waals surface area contributed by atoms with Crippen LogP contribution in [0.4, 0.5) is 15.2 Å². The van der Waals surface area contributed by atoms with Crippen molar-refractivity contribution in [1.29, 1.82) is 0 Å². The first-order valence-corrected chi connectivity index (χ1v) is 8.99. The topological polar surface area (TPSA) is 80.1 Å². The summed E-state index contributed by atoms with van der Waals surface area (Å²) in [6.07, 6.45) is 1.32. The second-order valence-electron chi connectivity index (χ2n) is 5.55. The molecule has 1 amide bonds. The van der Waals surface area contributed by atoms with Crippen LogP contribution < -0.4 is 15.8 Å². The van der Waals surface area contributed by atoms with Crippen LogP contribution in [0, 0.1) is 5.82 Å². The maximum absolute atomic E-state index is 12.9. The van der Waals surface area contributed by atoms with E-state index in [-0.39, 0.29) is 17.9 Å². The minimum absolute atomic E-state index is 0.183. The van der Waals surface area contributed by atoms with E-state index in [1.165, 1.54) is 46.5 Å². The van der Waals surface area contributed by atoms with Crippen molar-refractivity contribution in [3.05, 3.63) is 46.8 Å². The molecule has 7 nitrogen and oxygen atoms in total. The standard InChI is InChI=1S/C17H18FN5O2S/c1-3-22(4-2)17-21-15-14(26-17)16(25)23(10-19-15)9-13(24)20-12-7-5-11(18)6-8-12/h5-8,10H,3-4,9H2,1-2H3,(H,20,24). The molecule has 2 heterocycles. The first kappa shape index (κ1) is 18.0. The second kappa shape index (κ2) is 7.61. The van der Waals surface area contributed by atoms with E-state index in [1.807, 2.05) is 18.7 Å². The van der Waals surface area contributed by atoms with Crippen LogP contribution >= 0.6 is 11.3 Å². The molecule has 0 aliphatic carbocycles. The molecular weight excluding hydrogens is 357 g/mol. The monoisotopic (exact) mass is 375 g/mol. The normalized spacial score (nSPS) is 10.9. The molecule has 0 aliphatic rings. The lowest BCUT2D eigenvalue weighted by atomic mass is 10.3. The van der Waals surface area contributed by atoms with E-state index in [4.69, 9.17) is 0 Å². The number of amides is 1. The van der Waals surface area contributed by atoms with Crippen LogP contribution in [-0.2, 0) is 11.3 Å². The Morgan fingerprint density at radius 2 is 1.96 bits per heavy atom. The zero-order valence-corrected chi connectivity index (χ0v) is 15.2. The van der Waals surface area contributed by atoms with Crippen molar-refractivity contribution < 1.29 is 9.18 Å². The summed E-state index contributed by atoms with van der Waals surface area (Å²) in [6.45, 7) is 5.41. The van der Waals surface area contributed by atoms with Crippen molar-refractivity contribution >= 4 is 38.4 Å². The van der Waals surface area contributed by atoms with Gasteiger partial charge in [-0.3, -0.25) is 14.2 Å². The van der Waals surface area contributed by atoms with Crippen molar-refractivity contribution in [1.82, 2.24) is 14.5 Å². The number of carbonyl (C=O) groups excluding carboxylic acids is 1. The third kappa shape index (κ3) is 3.72. The van der Waals surface area contributed by atoms with Crippen LogP contribution in [0.15, 0.2) is 35.4 Å². The number of carbonyl (C=O) groups is 1. The smallest absolute Gasteiger partial charge is 0.273 e. The maximum Gasteiger partial charge on any atom is 0.273 e. The Labute approximate surface area is 153 Å². The number of nitrogens with one attached hydrogen (secondary N) is 1. The summed E-state index contributed by atoms with van der Waals surface area (Å²) in [4.78, 5) is 35.4. The molecule has 0 saturated carbocycles. The van der Waals surface area contributed by atoms with Gasteiger partial charge in [-0.05, 0) is 38.1 Å². The molecule has 0 spiro atoms. The summed E-state index contributed by atoms with van der Waals surface area (Å²) < 4.78 is 14.6. The Morgan fingerprint density at radius 3 is 2.62 bits per heavy atom. The molecule has 136 valence electrons. The molecule has 9 heteroatoms. The van der Waals surface area contributed by atoms with E-state index in [9.17, 15) is 14.0 Å². The number of nitrogens with zero attached hydrogens (tertiary/aromatic N) is 4. The SMILES string of the molecule is CCN(CC)c1nc2ncn(CC(=O)Nc3ccc(F)cc3)c(=O)c2s1. The van der Waals surface area contributed by atoms with Crippen LogP contribution in [-0.4, -0.2) is 33.5 Å². The van der Waals surface area contributed by atoms with Gasteiger partial charge >= 0.3 is 0 Å². The second-order valence-corrected chi connectivity index (χ2v) is 6.53. The van der Waals surface area contributed by atoms with E-state index in [0.29, 0.717) is 16.0 Å². The average Bonchev–Trinajstić information content (AvgIpc) is 3.05. The highest BCUT2D eigenvalue weighted by Gasteiger charge is 2.15. The van der Waals surface area contributed by atoms with Gasteiger partial charge in [0.1, 0.15) is 23.4 Å². The highest BCUT2D eigenvalue weighted by atomic mass is 32.1. The fraction of sp³-hybridized carbons (Fsp3) is 0.294. The molecule has 0 saturated heterocycles. The molecular formula is C17H18FN5O2S. The summed E-state index contributed by atoms with van der Waals surface area (Å²) in [5.74, 6) is -0.781. The fourth-order valence-corrected chi connectivity index (χ4v) is 3.56. The van der Waals surface area contributed by atoms with E-state index < -0.39 is 5.91 Å². The summed E-state index contributed by atoms with van der Waals surface area (Å²) in [6, 6.07) is 5.41. The van der Waals surface area contributed by atoms with Gasteiger partial charge in [-0.2, -0.15) is 4.98 Å². The number of thiazole rings is 1. The molecule has 0 atom stereocenters. The van der Waals surface area contributed by atoms with Crippen molar-refractivity contribution in [2.75, 3.05) is 23.3 Å². The van der Waals surface area contributed by atoms with Crippen molar-refractivity contribution in [2.24, 2.45) is 0 Å². The third-order valence-electron chi connectivity index (χ3n) is 3.85. The van der Waals surface area contributed by atoms with E-state index in [2.05, 4.69) is 15.3 Å². The van der Waals surface area contributed by atoms with Gasteiger partial charge in [0.15, 0.2) is 10.8 Å². The van der Waals surface area contributed by atoms with Gasteiger partial charge < -0.3 is 10.2 Å². The summed E-state index contributed by atoms with van der Waals surface area (Å²) in [5.41, 5.74) is 0.539. The minimum Gasteiger partial charge on any atom is -0.349 e. The molecule has 2 aromatic heterocycles. The molecule has 0 fully saturated rings. The number of halogens is 1. The molecule has 0 unspecified atom stereocenters.